The molecule has 2 aliphatic rings. The maximum absolute atomic E-state index is 15.5. The second kappa shape index (κ2) is 10.1. The van der Waals surface area contributed by atoms with E-state index >= 15 is 4.39 Å². The van der Waals surface area contributed by atoms with Crippen LogP contribution in [0, 0.1) is 5.82 Å². The van der Waals surface area contributed by atoms with Gasteiger partial charge in [0, 0.05) is 37.6 Å². The molecule has 2 aliphatic heterocycles. The highest BCUT2D eigenvalue weighted by Gasteiger charge is 2.48. The first-order valence-electron chi connectivity index (χ1n) is 12.1. The van der Waals surface area contributed by atoms with E-state index < -0.39 is 28.9 Å². The van der Waals surface area contributed by atoms with Crippen molar-refractivity contribution in [1.29, 1.82) is 0 Å². The molecule has 12 heteroatoms. The third-order valence-electron chi connectivity index (χ3n) is 6.99. The largest absolute Gasteiger partial charge is 0.468 e. The highest BCUT2D eigenvalue weighted by Crippen LogP contribution is 2.43. The number of carbonyl (C=O) groups is 2. The van der Waals surface area contributed by atoms with Gasteiger partial charge in [0.15, 0.2) is 5.82 Å². The summed E-state index contributed by atoms with van der Waals surface area (Å²) >= 11 is 9.55. The molecular weight excluding hydrogens is 569 g/mol. The van der Waals surface area contributed by atoms with Crippen LogP contribution in [0.4, 0.5) is 15.1 Å². The minimum Gasteiger partial charge on any atom is -0.468 e. The number of esters is 1. The van der Waals surface area contributed by atoms with Crippen molar-refractivity contribution < 1.29 is 23.5 Å². The minimum atomic E-state index is -1.22. The summed E-state index contributed by atoms with van der Waals surface area (Å²) < 4.78 is 26.3. The number of nitrogens with zero attached hydrogens (tertiary/aromatic N) is 5. The summed E-state index contributed by atoms with van der Waals surface area (Å²) in [6.07, 6.45) is -0.00673. The molecule has 2 aromatic rings. The predicted molar refractivity (Wildman–Crippen MR) is 143 cm³/mol. The van der Waals surface area contributed by atoms with Gasteiger partial charge in [-0.1, -0.05) is 11.6 Å². The number of amides is 1. The number of carbonyl (C=O) groups excluding carboxylic acids is 2. The van der Waals surface area contributed by atoms with E-state index in [4.69, 9.17) is 26.1 Å². The standard InChI is InChI=1S/C25H32BrClFN5O4/c1-24(2,3)37-23(35)32-9-7-25(8-10-32,21(34)36-6)20-15-11-16(27)17(26)18(28)19(15)29-22(30-20)33-12-14(13-33)31(4)5/h11,14H,7-10,12-13H2,1-6H3. The summed E-state index contributed by atoms with van der Waals surface area (Å²) in [6, 6.07) is 1.89. The number of rotatable bonds is 4. The topological polar surface area (TPSA) is 88.1 Å². The quantitative estimate of drug-likeness (QED) is 0.378. The van der Waals surface area contributed by atoms with Crippen LogP contribution >= 0.6 is 27.5 Å². The molecular formula is C25H32BrClFN5O4. The SMILES string of the molecule is COC(=O)C1(c2nc(N3CC(N(C)C)C3)nc3c(F)c(Br)c(Cl)cc23)CCN(C(=O)OC(C)(C)C)CC1. The predicted octanol–water partition coefficient (Wildman–Crippen LogP) is 4.38. The lowest BCUT2D eigenvalue weighted by Gasteiger charge is -2.44. The molecule has 4 rings (SSSR count). The van der Waals surface area contributed by atoms with Gasteiger partial charge in [-0.3, -0.25) is 4.79 Å². The van der Waals surface area contributed by atoms with E-state index in [1.807, 2.05) is 19.0 Å². The highest BCUT2D eigenvalue weighted by molar-refractivity contribution is 9.10. The second-order valence-electron chi connectivity index (χ2n) is 10.8. The van der Waals surface area contributed by atoms with Gasteiger partial charge in [-0.15, -0.1) is 0 Å². The van der Waals surface area contributed by atoms with E-state index in [0.717, 1.165) is 0 Å². The zero-order valence-electron chi connectivity index (χ0n) is 21.9. The summed E-state index contributed by atoms with van der Waals surface area (Å²) in [4.78, 5) is 41.1. The molecule has 0 N–H and O–H groups in total. The molecule has 0 radical (unpaired) electrons. The number of hydrogen-bond donors (Lipinski definition) is 0. The van der Waals surface area contributed by atoms with Crippen molar-refractivity contribution in [2.24, 2.45) is 0 Å². The molecule has 2 saturated heterocycles. The van der Waals surface area contributed by atoms with Crippen molar-refractivity contribution in [3.63, 3.8) is 0 Å². The molecule has 0 unspecified atom stereocenters. The fourth-order valence-electron chi connectivity index (χ4n) is 4.74. The molecule has 0 spiro atoms. The van der Waals surface area contributed by atoms with Crippen molar-refractivity contribution in [3.05, 3.63) is 27.1 Å². The number of anilines is 1. The van der Waals surface area contributed by atoms with Gasteiger partial charge >= 0.3 is 12.1 Å². The third kappa shape index (κ3) is 5.22. The minimum absolute atomic E-state index is 0.0717. The van der Waals surface area contributed by atoms with Crippen molar-refractivity contribution in [2.45, 2.75) is 50.7 Å². The Bertz CT molecular complexity index is 1220. The Labute approximate surface area is 229 Å². The summed E-state index contributed by atoms with van der Waals surface area (Å²) in [5.41, 5.74) is -1.44. The molecule has 0 aliphatic carbocycles. The second-order valence-corrected chi connectivity index (χ2v) is 12.0. The average Bonchev–Trinajstić information content (AvgIpc) is 2.80. The Balaban J connectivity index is 1.80. The summed E-state index contributed by atoms with van der Waals surface area (Å²) in [5.74, 6) is -0.786. The number of likely N-dealkylation sites (tertiary alicyclic amines) is 1. The Morgan fingerprint density at radius 1 is 1.22 bits per heavy atom. The first-order valence-corrected chi connectivity index (χ1v) is 13.3. The number of fused-ring (bicyclic) bond motifs is 1. The van der Waals surface area contributed by atoms with Gasteiger partial charge in [0.1, 0.15) is 16.5 Å². The van der Waals surface area contributed by atoms with E-state index in [2.05, 4.69) is 25.8 Å². The Morgan fingerprint density at radius 2 is 1.84 bits per heavy atom. The number of benzene rings is 1. The first-order chi connectivity index (χ1) is 17.3. The number of piperidine rings is 1. The lowest BCUT2D eigenvalue weighted by molar-refractivity contribution is -0.149. The normalized spacial score (nSPS) is 18.2. The Hall–Kier alpha value is -2.24. The van der Waals surface area contributed by atoms with E-state index in [1.54, 1.807) is 31.7 Å². The fraction of sp³-hybridized carbons (Fsp3) is 0.600. The summed E-state index contributed by atoms with van der Waals surface area (Å²) in [6.45, 7) is 7.23. The maximum Gasteiger partial charge on any atom is 0.410 e. The molecule has 2 fully saturated rings. The van der Waals surface area contributed by atoms with E-state index in [1.165, 1.54) is 7.11 Å². The molecule has 1 aromatic heterocycles. The number of hydrogen-bond acceptors (Lipinski definition) is 8. The Morgan fingerprint density at radius 3 is 2.38 bits per heavy atom. The van der Waals surface area contributed by atoms with Gasteiger partial charge < -0.3 is 24.2 Å². The van der Waals surface area contributed by atoms with Gasteiger partial charge in [-0.25, -0.2) is 19.2 Å². The molecule has 1 amide bonds. The molecule has 0 atom stereocenters. The van der Waals surface area contributed by atoms with Crippen LogP contribution in [0.2, 0.25) is 5.02 Å². The van der Waals surface area contributed by atoms with Crippen LogP contribution in [0.25, 0.3) is 10.9 Å². The van der Waals surface area contributed by atoms with Crippen LogP contribution < -0.4 is 4.90 Å². The summed E-state index contributed by atoms with van der Waals surface area (Å²) in [5, 5.41) is 0.487. The van der Waals surface area contributed by atoms with Crippen LogP contribution in [0.5, 0.6) is 0 Å². The maximum atomic E-state index is 15.5. The van der Waals surface area contributed by atoms with Gasteiger partial charge in [0.05, 0.1) is 22.3 Å². The van der Waals surface area contributed by atoms with Gasteiger partial charge in [0.25, 0.3) is 0 Å². The molecule has 1 aromatic carbocycles. The summed E-state index contributed by atoms with van der Waals surface area (Å²) in [7, 11) is 5.31. The van der Waals surface area contributed by atoms with Crippen LogP contribution in [0.15, 0.2) is 10.5 Å². The van der Waals surface area contributed by atoms with Gasteiger partial charge in [-0.05, 0) is 69.7 Å². The Kier molecular flexibility index (Phi) is 7.62. The van der Waals surface area contributed by atoms with E-state index in [0.29, 0.717) is 36.2 Å². The lowest BCUT2D eigenvalue weighted by atomic mass is 9.74. The zero-order chi connectivity index (χ0) is 27.3. The number of methoxy groups -OCH3 is 1. The molecule has 0 bridgehead atoms. The van der Waals surface area contributed by atoms with Crippen LogP contribution in [0.3, 0.4) is 0 Å². The van der Waals surface area contributed by atoms with E-state index in [-0.39, 0.29) is 40.9 Å². The van der Waals surface area contributed by atoms with Crippen molar-refractivity contribution in [2.75, 3.05) is 52.3 Å². The zero-order valence-corrected chi connectivity index (χ0v) is 24.2. The van der Waals surface area contributed by atoms with Crippen LogP contribution in [0.1, 0.15) is 39.3 Å². The number of aromatic nitrogens is 2. The van der Waals surface area contributed by atoms with E-state index in [9.17, 15) is 9.59 Å². The highest BCUT2D eigenvalue weighted by atomic mass is 79.9. The lowest BCUT2D eigenvalue weighted by Crippen LogP contribution is -2.58. The smallest absolute Gasteiger partial charge is 0.410 e. The van der Waals surface area contributed by atoms with Gasteiger partial charge in [-0.2, -0.15) is 0 Å². The van der Waals surface area contributed by atoms with Crippen LogP contribution in [-0.2, 0) is 19.7 Å². The number of likely N-dealkylation sites (N-methyl/N-ethyl adjacent to an activating group) is 1. The average molecular weight is 601 g/mol. The van der Waals surface area contributed by atoms with Crippen molar-refractivity contribution in [1.82, 2.24) is 19.8 Å². The third-order valence-corrected chi connectivity index (χ3v) is 8.29. The number of ether oxygens (including phenoxy) is 2. The fourth-order valence-corrected chi connectivity index (χ4v) is 5.24. The first kappa shape index (κ1) is 27.8. The number of halogens is 3. The van der Waals surface area contributed by atoms with Crippen molar-refractivity contribution in [3.8, 4) is 0 Å². The molecule has 37 heavy (non-hydrogen) atoms. The molecule has 3 heterocycles. The molecule has 9 nitrogen and oxygen atoms in total. The molecule has 0 saturated carbocycles. The monoisotopic (exact) mass is 599 g/mol. The molecule has 202 valence electrons. The van der Waals surface area contributed by atoms with Crippen molar-refractivity contribution >= 4 is 56.4 Å². The van der Waals surface area contributed by atoms with Crippen LogP contribution in [-0.4, -0.2) is 90.9 Å². The van der Waals surface area contributed by atoms with Gasteiger partial charge in [0.2, 0.25) is 5.95 Å².